The summed E-state index contributed by atoms with van der Waals surface area (Å²) in [5, 5.41) is 10.8. The molecule has 0 saturated heterocycles. The van der Waals surface area contributed by atoms with Crippen LogP contribution in [0.5, 0.6) is 5.75 Å². The van der Waals surface area contributed by atoms with Gasteiger partial charge in [-0.05, 0) is 17.7 Å². The van der Waals surface area contributed by atoms with Gasteiger partial charge < -0.3 is 19.4 Å². The third kappa shape index (κ3) is 4.51. The maximum Gasteiger partial charge on any atom is 0.170 e. The first-order valence-corrected chi connectivity index (χ1v) is 6.64. The standard InChI is InChI=1S/C14H19FN4O2/c1-19-10-17-18-14(19)9-21-13-4-3-11(7-12(13)15)8-16-5-6-20-2/h3-4,7,10,16H,5-6,8-9H2,1-2H3. The second-order valence-corrected chi connectivity index (χ2v) is 4.58. The van der Waals surface area contributed by atoms with Crippen molar-refractivity contribution in [3.05, 3.63) is 41.7 Å². The van der Waals surface area contributed by atoms with Crippen LogP contribution < -0.4 is 10.1 Å². The molecule has 0 unspecified atom stereocenters. The van der Waals surface area contributed by atoms with Crippen molar-refractivity contribution < 1.29 is 13.9 Å². The van der Waals surface area contributed by atoms with Crippen molar-refractivity contribution in [1.82, 2.24) is 20.1 Å². The molecule has 0 spiro atoms. The Morgan fingerprint density at radius 1 is 1.38 bits per heavy atom. The van der Waals surface area contributed by atoms with E-state index in [1.807, 2.05) is 13.1 Å². The summed E-state index contributed by atoms with van der Waals surface area (Å²) in [5.74, 6) is 0.460. The molecular formula is C14H19FN4O2. The van der Waals surface area contributed by atoms with Crippen molar-refractivity contribution in [2.75, 3.05) is 20.3 Å². The number of ether oxygens (including phenoxy) is 2. The van der Waals surface area contributed by atoms with Crippen molar-refractivity contribution in [2.24, 2.45) is 7.05 Å². The molecule has 0 aliphatic rings. The molecule has 114 valence electrons. The van der Waals surface area contributed by atoms with E-state index in [2.05, 4.69) is 15.5 Å². The molecule has 0 aliphatic carbocycles. The maximum atomic E-state index is 13.9. The lowest BCUT2D eigenvalue weighted by Crippen LogP contribution is -2.18. The summed E-state index contributed by atoms with van der Waals surface area (Å²) in [6, 6.07) is 4.92. The first kappa shape index (κ1) is 15.4. The van der Waals surface area contributed by atoms with Crippen LogP contribution in [0.25, 0.3) is 0 Å². The summed E-state index contributed by atoms with van der Waals surface area (Å²) >= 11 is 0. The average molecular weight is 294 g/mol. The molecule has 2 rings (SSSR count). The summed E-state index contributed by atoms with van der Waals surface area (Å²) in [4.78, 5) is 0. The predicted octanol–water partition coefficient (Wildman–Crippen LogP) is 1.27. The lowest BCUT2D eigenvalue weighted by Gasteiger charge is -2.09. The van der Waals surface area contributed by atoms with Gasteiger partial charge >= 0.3 is 0 Å². The number of benzene rings is 1. The van der Waals surface area contributed by atoms with Gasteiger partial charge in [0.1, 0.15) is 12.9 Å². The number of hydrogen-bond acceptors (Lipinski definition) is 5. The van der Waals surface area contributed by atoms with Crippen LogP contribution in [0.1, 0.15) is 11.4 Å². The molecule has 6 nitrogen and oxygen atoms in total. The van der Waals surface area contributed by atoms with E-state index >= 15 is 0 Å². The zero-order chi connectivity index (χ0) is 15.1. The van der Waals surface area contributed by atoms with Crippen molar-refractivity contribution in [3.63, 3.8) is 0 Å². The van der Waals surface area contributed by atoms with Gasteiger partial charge in [0.15, 0.2) is 17.4 Å². The van der Waals surface area contributed by atoms with Crippen molar-refractivity contribution in [3.8, 4) is 5.75 Å². The Labute approximate surface area is 122 Å². The summed E-state index contributed by atoms with van der Waals surface area (Å²) < 4.78 is 26.0. The molecule has 0 atom stereocenters. The highest BCUT2D eigenvalue weighted by Gasteiger charge is 2.07. The Morgan fingerprint density at radius 2 is 2.24 bits per heavy atom. The molecule has 0 aliphatic heterocycles. The van der Waals surface area contributed by atoms with Gasteiger partial charge in [-0.25, -0.2) is 4.39 Å². The van der Waals surface area contributed by atoms with Gasteiger partial charge in [-0.1, -0.05) is 6.07 Å². The normalized spacial score (nSPS) is 10.8. The number of rotatable bonds is 8. The molecule has 1 aromatic heterocycles. The SMILES string of the molecule is COCCNCc1ccc(OCc2nncn2C)c(F)c1. The fourth-order valence-electron chi connectivity index (χ4n) is 1.76. The van der Waals surface area contributed by atoms with Crippen molar-refractivity contribution in [2.45, 2.75) is 13.2 Å². The molecule has 0 saturated carbocycles. The van der Waals surface area contributed by atoms with Crippen LogP contribution in [-0.4, -0.2) is 35.0 Å². The molecule has 1 heterocycles. The minimum atomic E-state index is -0.386. The van der Waals surface area contributed by atoms with Gasteiger partial charge in [0.25, 0.3) is 0 Å². The van der Waals surface area contributed by atoms with Crippen LogP contribution >= 0.6 is 0 Å². The van der Waals surface area contributed by atoms with Crippen molar-refractivity contribution >= 4 is 0 Å². The van der Waals surface area contributed by atoms with Crippen LogP contribution in [0.2, 0.25) is 0 Å². The van der Waals surface area contributed by atoms with E-state index in [4.69, 9.17) is 9.47 Å². The van der Waals surface area contributed by atoms with Crippen molar-refractivity contribution in [1.29, 1.82) is 0 Å². The molecule has 21 heavy (non-hydrogen) atoms. The van der Waals surface area contributed by atoms with E-state index in [0.29, 0.717) is 19.0 Å². The second kappa shape index (κ2) is 7.70. The summed E-state index contributed by atoms with van der Waals surface area (Å²) in [6.45, 7) is 2.12. The van der Waals surface area contributed by atoms with E-state index < -0.39 is 0 Å². The fraction of sp³-hybridized carbons (Fsp3) is 0.429. The molecule has 0 amide bonds. The van der Waals surface area contributed by atoms with Crippen LogP contribution in [0, 0.1) is 5.82 Å². The Kier molecular flexibility index (Phi) is 5.65. The lowest BCUT2D eigenvalue weighted by atomic mass is 10.2. The number of aromatic nitrogens is 3. The molecule has 0 fully saturated rings. The quantitative estimate of drug-likeness (QED) is 0.743. The number of nitrogens with zero attached hydrogens (tertiary/aromatic N) is 3. The highest BCUT2D eigenvalue weighted by molar-refractivity contribution is 5.29. The number of nitrogens with one attached hydrogen (secondary N) is 1. The third-order valence-corrected chi connectivity index (χ3v) is 2.97. The molecule has 0 radical (unpaired) electrons. The summed E-state index contributed by atoms with van der Waals surface area (Å²) in [6.07, 6.45) is 1.57. The number of aryl methyl sites for hydroxylation is 1. The van der Waals surface area contributed by atoms with E-state index in [9.17, 15) is 4.39 Å². The minimum Gasteiger partial charge on any atom is -0.483 e. The molecule has 7 heteroatoms. The average Bonchev–Trinajstić information content (AvgIpc) is 2.88. The number of halogens is 1. The second-order valence-electron chi connectivity index (χ2n) is 4.58. The Hall–Kier alpha value is -1.99. The number of methoxy groups -OCH3 is 1. The zero-order valence-corrected chi connectivity index (χ0v) is 12.2. The van der Waals surface area contributed by atoms with E-state index in [1.54, 1.807) is 24.1 Å². The molecule has 0 bridgehead atoms. The largest absolute Gasteiger partial charge is 0.483 e. The van der Waals surface area contributed by atoms with Gasteiger partial charge in [-0.2, -0.15) is 0 Å². The Morgan fingerprint density at radius 3 is 2.90 bits per heavy atom. The van der Waals surface area contributed by atoms with Crippen LogP contribution in [0.4, 0.5) is 4.39 Å². The minimum absolute atomic E-state index is 0.179. The van der Waals surface area contributed by atoms with Gasteiger partial charge in [-0.3, -0.25) is 0 Å². The summed E-state index contributed by atoms with van der Waals surface area (Å²) in [5.41, 5.74) is 0.856. The predicted molar refractivity (Wildman–Crippen MR) is 75.3 cm³/mol. The molecule has 2 aromatic rings. The third-order valence-electron chi connectivity index (χ3n) is 2.97. The molecular weight excluding hydrogens is 275 g/mol. The first-order chi connectivity index (χ1) is 10.2. The highest BCUT2D eigenvalue weighted by atomic mass is 19.1. The topological polar surface area (TPSA) is 61.2 Å². The van der Waals surface area contributed by atoms with Crippen LogP contribution in [0.3, 0.4) is 0 Å². The smallest absolute Gasteiger partial charge is 0.170 e. The fourth-order valence-corrected chi connectivity index (χ4v) is 1.76. The van der Waals surface area contributed by atoms with E-state index in [1.165, 1.54) is 6.07 Å². The molecule has 1 N–H and O–H groups in total. The zero-order valence-electron chi connectivity index (χ0n) is 12.2. The van der Waals surface area contributed by atoms with Crippen LogP contribution in [-0.2, 0) is 24.9 Å². The van der Waals surface area contributed by atoms with Gasteiger partial charge in [0.05, 0.1) is 6.61 Å². The lowest BCUT2D eigenvalue weighted by molar-refractivity contribution is 0.199. The van der Waals surface area contributed by atoms with Crippen LogP contribution in [0.15, 0.2) is 24.5 Å². The van der Waals surface area contributed by atoms with Gasteiger partial charge in [0.2, 0.25) is 0 Å². The van der Waals surface area contributed by atoms with E-state index in [0.717, 1.165) is 12.1 Å². The van der Waals surface area contributed by atoms with Gasteiger partial charge in [0, 0.05) is 27.2 Å². The highest BCUT2D eigenvalue weighted by Crippen LogP contribution is 2.19. The Bertz CT molecular complexity index is 574. The monoisotopic (exact) mass is 294 g/mol. The van der Waals surface area contributed by atoms with Gasteiger partial charge in [-0.15, -0.1) is 10.2 Å². The number of hydrogen-bond donors (Lipinski definition) is 1. The first-order valence-electron chi connectivity index (χ1n) is 6.64. The van der Waals surface area contributed by atoms with E-state index in [-0.39, 0.29) is 18.2 Å². The Balaban J connectivity index is 1.88. The maximum absolute atomic E-state index is 13.9. The molecule has 1 aromatic carbocycles. The summed E-state index contributed by atoms with van der Waals surface area (Å²) in [7, 11) is 3.45.